The SMILES string of the molecule is CCC(CC)C(=O)/C=C(\O)C(CC)CC.CCC(CC)c1cc(-c2ncnc3c(C)c([Si](CC(C)C)(CC(C)C)CC(C)C)sc23)[c-]c2ccccc12.[Ir]. The molecule has 4 rings (SSSR count). The molecule has 4 aromatic rings. The van der Waals surface area contributed by atoms with Crippen molar-refractivity contribution in [2.24, 2.45) is 29.6 Å². The van der Waals surface area contributed by atoms with Crippen molar-refractivity contribution in [3.63, 3.8) is 0 Å². The van der Waals surface area contributed by atoms with Crippen LogP contribution in [-0.4, -0.2) is 28.9 Å². The van der Waals surface area contributed by atoms with Crippen LogP contribution in [-0.2, 0) is 24.9 Å². The van der Waals surface area contributed by atoms with E-state index in [0.717, 1.165) is 55.3 Å². The normalized spacial score (nSPS) is 12.5. The van der Waals surface area contributed by atoms with Crippen LogP contribution in [0.25, 0.3) is 32.2 Å². The Balaban J connectivity index is 0.000000536. The Labute approximate surface area is 347 Å². The van der Waals surface area contributed by atoms with Gasteiger partial charge in [-0.1, -0.05) is 143 Å². The van der Waals surface area contributed by atoms with Gasteiger partial charge in [-0.05, 0) is 66.3 Å². The Bertz CT molecular complexity index is 1760. The van der Waals surface area contributed by atoms with E-state index >= 15 is 0 Å². The van der Waals surface area contributed by atoms with E-state index in [-0.39, 0.29) is 43.5 Å². The molecule has 0 saturated heterocycles. The Morgan fingerprint density at radius 3 is 1.85 bits per heavy atom. The van der Waals surface area contributed by atoms with Crippen molar-refractivity contribution in [2.45, 2.75) is 153 Å². The molecule has 0 spiro atoms. The molecule has 0 fully saturated rings. The Morgan fingerprint density at radius 1 is 0.815 bits per heavy atom. The van der Waals surface area contributed by atoms with Crippen LogP contribution >= 0.6 is 11.3 Å². The van der Waals surface area contributed by atoms with Crippen molar-refractivity contribution in [1.29, 1.82) is 0 Å². The molecule has 4 nitrogen and oxygen atoms in total. The quantitative estimate of drug-likeness (QED) is 0.0467. The van der Waals surface area contributed by atoms with Crippen molar-refractivity contribution in [2.75, 3.05) is 0 Å². The van der Waals surface area contributed by atoms with Gasteiger partial charge in [0.1, 0.15) is 14.4 Å². The van der Waals surface area contributed by atoms with Crippen molar-refractivity contribution in [1.82, 2.24) is 9.97 Å². The third-order valence-electron chi connectivity index (χ3n) is 11.2. The number of carbonyl (C=O) groups is 1. The Kier molecular flexibility index (Phi) is 20.0. The van der Waals surface area contributed by atoms with E-state index in [0.29, 0.717) is 23.7 Å². The molecule has 1 N–H and O–H groups in total. The summed E-state index contributed by atoms with van der Waals surface area (Å²) in [6.07, 6.45) is 8.97. The van der Waals surface area contributed by atoms with Gasteiger partial charge in [0.15, 0.2) is 5.78 Å². The predicted molar refractivity (Wildman–Crippen MR) is 235 cm³/mol. The number of hydrogen-bond donors (Lipinski definition) is 1. The van der Waals surface area contributed by atoms with E-state index in [2.05, 4.69) is 98.7 Å². The first-order valence-electron chi connectivity index (χ1n) is 20.8. The number of rotatable bonds is 18. The van der Waals surface area contributed by atoms with E-state index in [4.69, 9.17) is 9.97 Å². The van der Waals surface area contributed by atoms with Crippen molar-refractivity contribution in [3.8, 4) is 11.3 Å². The molecule has 0 saturated carbocycles. The fraction of sp³-hybridized carbons (Fsp3) is 0.596. The Hall–Kier alpha value is -2.18. The number of allylic oxidation sites excluding steroid dienone is 2. The molecule has 2 aromatic heterocycles. The Morgan fingerprint density at radius 2 is 1.35 bits per heavy atom. The number of hydrogen-bond acceptors (Lipinski definition) is 5. The standard InChI is InChI=1S/C34H47N2SSi.C13H24O2.Ir/c1-10-26(11-2)30-17-28(16-27-14-12-13-15-29(27)30)32-33-31(35-21-36-32)25(9)34(37-33)38(18-22(3)4,19-23(5)6)20-24(7)8;1-5-10(6-2)12(14)9-13(15)11(7-3)8-4;/h12-15,17,21-24,26H,10-11,18-20H2,1-9H3;9-11,14H,5-8H2,1-4H3;/q-1;;/b;12-9-;. The first kappa shape index (κ1) is 48.0. The van der Waals surface area contributed by atoms with Gasteiger partial charge in [-0.25, -0.2) is 4.98 Å². The number of carbonyl (C=O) groups excluding carboxylic acids is 1. The molecule has 1 radical (unpaired) electrons. The zero-order valence-electron chi connectivity index (χ0n) is 35.9. The summed E-state index contributed by atoms with van der Waals surface area (Å²) < 4.78 is 2.93. The first-order valence-corrected chi connectivity index (χ1v) is 24.3. The van der Waals surface area contributed by atoms with Crippen LogP contribution in [0, 0.1) is 42.6 Å². The third kappa shape index (κ3) is 11.9. The summed E-state index contributed by atoms with van der Waals surface area (Å²) in [5, 5.41) is 12.3. The molecule has 0 aliphatic carbocycles. The van der Waals surface area contributed by atoms with Gasteiger partial charge in [0.2, 0.25) is 0 Å². The van der Waals surface area contributed by atoms with Gasteiger partial charge in [-0.3, -0.25) is 9.78 Å². The minimum Gasteiger partial charge on any atom is -0.512 e. The number of aromatic nitrogens is 2. The fourth-order valence-corrected chi connectivity index (χ4v) is 18.4. The van der Waals surface area contributed by atoms with Gasteiger partial charge in [0.25, 0.3) is 0 Å². The van der Waals surface area contributed by atoms with E-state index in [1.807, 2.05) is 39.0 Å². The topological polar surface area (TPSA) is 63.1 Å². The summed E-state index contributed by atoms with van der Waals surface area (Å²) in [7, 11) is -1.76. The molecular weight excluding hydrogens is 877 g/mol. The molecule has 7 heteroatoms. The van der Waals surface area contributed by atoms with E-state index in [9.17, 15) is 9.90 Å². The van der Waals surface area contributed by atoms with Crippen LogP contribution in [0.15, 0.2) is 48.5 Å². The summed E-state index contributed by atoms with van der Waals surface area (Å²) in [5.41, 5.74) is 6.20. The second-order valence-electron chi connectivity index (χ2n) is 16.7. The predicted octanol–water partition coefficient (Wildman–Crippen LogP) is 14.0. The molecule has 0 bridgehead atoms. The number of aliphatic hydroxyl groups excluding tert-OH is 1. The molecule has 54 heavy (non-hydrogen) atoms. The second-order valence-corrected chi connectivity index (χ2v) is 22.4. The monoisotopic (exact) mass is 948 g/mol. The summed E-state index contributed by atoms with van der Waals surface area (Å²) in [6.45, 7) is 29.5. The van der Waals surface area contributed by atoms with Crippen LogP contribution < -0.4 is 4.50 Å². The van der Waals surface area contributed by atoms with Gasteiger partial charge in [0, 0.05) is 48.4 Å². The van der Waals surface area contributed by atoms with Crippen LogP contribution in [0.2, 0.25) is 18.1 Å². The van der Waals surface area contributed by atoms with Gasteiger partial charge >= 0.3 is 0 Å². The molecule has 0 aliphatic rings. The maximum Gasteiger partial charge on any atom is 0.162 e. The number of thiophene rings is 1. The van der Waals surface area contributed by atoms with E-state index in [1.165, 1.54) is 50.8 Å². The molecule has 0 unspecified atom stereocenters. The number of nitrogens with zero attached hydrogens (tertiary/aromatic N) is 2. The number of ketones is 1. The van der Waals surface area contributed by atoms with Gasteiger partial charge in [0.05, 0.1) is 11.3 Å². The average Bonchev–Trinajstić information content (AvgIpc) is 3.46. The van der Waals surface area contributed by atoms with Crippen LogP contribution in [0.5, 0.6) is 0 Å². The van der Waals surface area contributed by atoms with Crippen LogP contribution in [0.4, 0.5) is 0 Å². The molecule has 0 atom stereocenters. The summed E-state index contributed by atoms with van der Waals surface area (Å²) in [4.78, 5) is 21.6. The number of aryl methyl sites for hydroxylation is 1. The van der Waals surface area contributed by atoms with Gasteiger partial charge in [-0.15, -0.1) is 40.5 Å². The molecule has 0 amide bonds. The molecular formula is C47H71IrN2O2SSi-. The van der Waals surface area contributed by atoms with Gasteiger partial charge < -0.3 is 5.11 Å². The fourth-order valence-electron chi connectivity index (χ4n) is 8.83. The van der Waals surface area contributed by atoms with Crippen LogP contribution in [0.1, 0.15) is 139 Å². The molecule has 0 aliphatic heterocycles. The minimum atomic E-state index is -1.76. The zero-order valence-corrected chi connectivity index (χ0v) is 40.1. The molecule has 2 heterocycles. The van der Waals surface area contributed by atoms with E-state index in [1.54, 1.807) is 10.8 Å². The second kappa shape index (κ2) is 22.5. The maximum atomic E-state index is 11.7. The van der Waals surface area contributed by atoms with Crippen molar-refractivity contribution >= 4 is 50.7 Å². The number of benzene rings is 2. The maximum absolute atomic E-state index is 11.7. The van der Waals surface area contributed by atoms with Gasteiger partial charge in [-0.2, -0.15) is 0 Å². The van der Waals surface area contributed by atoms with E-state index < -0.39 is 8.07 Å². The first-order chi connectivity index (χ1) is 25.2. The zero-order chi connectivity index (χ0) is 39.5. The third-order valence-corrected chi connectivity index (χ3v) is 20.0. The average molecular weight is 948 g/mol. The number of aliphatic hydroxyl groups is 1. The van der Waals surface area contributed by atoms with Crippen molar-refractivity contribution < 1.29 is 30.0 Å². The largest absolute Gasteiger partial charge is 0.512 e. The van der Waals surface area contributed by atoms with Crippen molar-refractivity contribution in [3.05, 3.63) is 65.7 Å². The summed E-state index contributed by atoms with van der Waals surface area (Å²) in [6, 6.07) is 19.0. The minimum absolute atomic E-state index is 0. The molecule has 301 valence electrons. The molecule has 2 aromatic carbocycles. The summed E-state index contributed by atoms with van der Waals surface area (Å²) >= 11 is 2.03. The smallest absolute Gasteiger partial charge is 0.162 e. The number of fused-ring (bicyclic) bond motifs is 2. The van der Waals surface area contributed by atoms with Crippen LogP contribution in [0.3, 0.4) is 0 Å². The summed E-state index contributed by atoms with van der Waals surface area (Å²) in [5.74, 6) is 3.18.